The lowest BCUT2D eigenvalue weighted by atomic mass is 10.2. The van der Waals surface area contributed by atoms with Crippen LogP contribution < -0.4 is 10.5 Å². The van der Waals surface area contributed by atoms with Crippen molar-refractivity contribution >= 4 is 15.9 Å². The lowest BCUT2D eigenvalue weighted by Crippen LogP contribution is -2.23. The van der Waals surface area contributed by atoms with Crippen molar-refractivity contribution in [2.24, 2.45) is 5.14 Å². The van der Waals surface area contributed by atoms with Crippen molar-refractivity contribution in [2.45, 2.75) is 11.4 Å². The summed E-state index contributed by atoms with van der Waals surface area (Å²) in [4.78, 5) is 20.3. The van der Waals surface area contributed by atoms with E-state index in [0.717, 1.165) is 0 Å². The molecule has 0 saturated heterocycles. The standard InChI is InChI=1S/C18H15FN4O3S/c19-15-5-2-4-13(8-15)17-21-10-14(11-22-17)18(24)23-9-12-3-1-6-16(7-12)27(20,25)26/h1-8,10-11H,9H2,(H,23,24)(H2,20,25,26). The van der Waals surface area contributed by atoms with Crippen LogP contribution in [-0.2, 0) is 16.6 Å². The summed E-state index contributed by atoms with van der Waals surface area (Å²) in [5, 5.41) is 7.74. The molecule has 7 nitrogen and oxygen atoms in total. The highest BCUT2D eigenvalue weighted by atomic mass is 32.2. The molecule has 0 atom stereocenters. The van der Waals surface area contributed by atoms with Gasteiger partial charge in [0, 0.05) is 24.5 Å². The largest absolute Gasteiger partial charge is 0.348 e. The van der Waals surface area contributed by atoms with Crippen LogP contribution in [0.3, 0.4) is 0 Å². The maximum Gasteiger partial charge on any atom is 0.254 e. The Bertz CT molecular complexity index is 1090. The topological polar surface area (TPSA) is 115 Å². The third kappa shape index (κ3) is 4.72. The fourth-order valence-electron chi connectivity index (χ4n) is 2.34. The molecule has 138 valence electrons. The molecule has 0 radical (unpaired) electrons. The molecule has 2 aromatic carbocycles. The van der Waals surface area contributed by atoms with Crippen LogP contribution in [0.15, 0.2) is 65.8 Å². The van der Waals surface area contributed by atoms with Crippen molar-refractivity contribution in [1.82, 2.24) is 15.3 Å². The van der Waals surface area contributed by atoms with Gasteiger partial charge in [-0.15, -0.1) is 0 Å². The number of primary sulfonamides is 1. The van der Waals surface area contributed by atoms with Crippen molar-refractivity contribution in [3.8, 4) is 11.4 Å². The smallest absolute Gasteiger partial charge is 0.254 e. The molecule has 0 saturated carbocycles. The second kappa shape index (κ2) is 7.60. The number of amides is 1. The number of nitrogens with zero attached hydrogens (tertiary/aromatic N) is 2. The van der Waals surface area contributed by atoms with Gasteiger partial charge in [0.2, 0.25) is 10.0 Å². The summed E-state index contributed by atoms with van der Waals surface area (Å²) < 4.78 is 36.0. The molecular formula is C18H15FN4O3S. The fourth-order valence-corrected chi connectivity index (χ4v) is 2.92. The van der Waals surface area contributed by atoms with Crippen LogP contribution in [0.2, 0.25) is 0 Å². The molecule has 3 N–H and O–H groups in total. The van der Waals surface area contributed by atoms with Crippen LogP contribution in [-0.4, -0.2) is 24.3 Å². The van der Waals surface area contributed by atoms with Crippen LogP contribution in [0.5, 0.6) is 0 Å². The maximum atomic E-state index is 13.3. The molecule has 1 aromatic heterocycles. The van der Waals surface area contributed by atoms with E-state index in [0.29, 0.717) is 17.0 Å². The highest BCUT2D eigenvalue weighted by molar-refractivity contribution is 7.89. The predicted octanol–water partition coefficient (Wildman–Crippen LogP) is 1.86. The number of carbonyl (C=O) groups is 1. The van der Waals surface area contributed by atoms with E-state index in [1.165, 1.54) is 42.7 Å². The third-order valence-electron chi connectivity index (χ3n) is 3.68. The van der Waals surface area contributed by atoms with Gasteiger partial charge < -0.3 is 5.32 Å². The average Bonchev–Trinajstić information content (AvgIpc) is 2.66. The SMILES string of the molecule is NS(=O)(=O)c1cccc(CNC(=O)c2cnc(-c3cccc(F)c3)nc2)c1. The summed E-state index contributed by atoms with van der Waals surface area (Å²) in [5.41, 5.74) is 1.30. The summed E-state index contributed by atoms with van der Waals surface area (Å²) in [5.74, 6) is -0.534. The molecular weight excluding hydrogens is 371 g/mol. The van der Waals surface area contributed by atoms with Gasteiger partial charge in [0.15, 0.2) is 5.82 Å². The number of benzene rings is 2. The van der Waals surface area contributed by atoms with E-state index in [-0.39, 0.29) is 17.0 Å². The van der Waals surface area contributed by atoms with Crippen molar-refractivity contribution in [3.63, 3.8) is 0 Å². The van der Waals surface area contributed by atoms with Crippen molar-refractivity contribution in [1.29, 1.82) is 0 Å². The number of rotatable bonds is 5. The number of aromatic nitrogens is 2. The molecule has 0 aliphatic carbocycles. The molecule has 0 fully saturated rings. The van der Waals surface area contributed by atoms with Gasteiger partial charge in [-0.25, -0.2) is 27.9 Å². The van der Waals surface area contributed by atoms with Gasteiger partial charge in [-0.05, 0) is 29.8 Å². The second-order valence-corrected chi connectivity index (χ2v) is 7.24. The van der Waals surface area contributed by atoms with E-state index in [2.05, 4.69) is 15.3 Å². The molecule has 0 aliphatic heterocycles. The van der Waals surface area contributed by atoms with E-state index < -0.39 is 21.7 Å². The molecule has 27 heavy (non-hydrogen) atoms. The van der Waals surface area contributed by atoms with Gasteiger partial charge >= 0.3 is 0 Å². The molecule has 0 aliphatic rings. The quantitative estimate of drug-likeness (QED) is 0.694. The average molecular weight is 386 g/mol. The maximum absolute atomic E-state index is 13.3. The Kier molecular flexibility index (Phi) is 5.24. The van der Waals surface area contributed by atoms with E-state index in [1.54, 1.807) is 18.2 Å². The number of sulfonamides is 1. The summed E-state index contributed by atoms with van der Waals surface area (Å²) in [7, 11) is -3.81. The number of halogens is 1. The van der Waals surface area contributed by atoms with Gasteiger partial charge in [-0.2, -0.15) is 0 Å². The summed E-state index contributed by atoms with van der Waals surface area (Å²) in [6.45, 7) is 0.105. The number of nitrogens with one attached hydrogen (secondary N) is 1. The summed E-state index contributed by atoms with van der Waals surface area (Å²) >= 11 is 0. The fraction of sp³-hybridized carbons (Fsp3) is 0.0556. The van der Waals surface area contributed by atoms with E-state index in [1.807, 2.05) is 0 Å². The van der Waals surface area contributed by atoms with Gasteiger partial charge in [-0.3, -0.25) is 4.79 Å². The Morgan fingerprint density at radius 2 is 1.78 bits per heavy atom. The Balaban J connectivity index is 1.68. The van der Waals surface area contributed by atoms with E-state index in [4.69, 9.17) is 5.14 Å². The number of nitrogens with two attached hydrogens (primary N) is 1. The van der Waals surface area contributed by atoms with Crippen LogP contribution in [0.1, 0.15) is 15.9 Å². The lowest BCUT2D eigenvalue weighted by Gasteiger charge is -2.07. The lowest BCUT2D eigenvalue weighted by molar-refractivity contribution is 0.0950. The second-order valence-electron chi connectivity index (χ2n) is 5.68. The molecule has 0 spiro atoms. The van der Waals surface area contributed by atoms with Gasteiger partial charge in [0.1, 0.15) is 5.82 Å². The predicted molar refractivity (Wildman–Crippen MR) is 96.4 cm³/mol. The molecule has 0 bridgehead atoms. The Morgan fingerprint density at radius 3 is 2.44 bits per heavy atom. The highest BCUT2D eigenvalue weighted by Crippen LogP contribution is 2.15. The monoisotopic (exact) mass is 386 g/mol. The molecule has 3 rings (SSSR count). The first-order valence-corrected chi connectivity index (χ1v) is 9.35. The zero-order valence-corrected chi connectivity index (χ0v) is 14.8. The minimum Gasteiger partial charge on any atom is -0.348 e. The Hall–Kier alpha value is -3.17. The van der Waals surface area contributed by atoms with E-state index >= 15 is 0 Å². The van der Waals surface area contributed by atoms with Gasteiger partial charge in [0.05, 0.1) is 10.5 Å². The van der Waals surface area contributed by atoms with Crippen LogP contribution >= 0.6 is 0 Å². The van der Waals surface area contributed by atoms with Crippen molar-refractivity contribution < 1.29 is 17.6 Å². The highest BCUT2D eigenvalue weighted by Gasteiger charge is 2.11. The first-order valence-electron chi connectivity index (χ1n) is 7.81. The zero-order valence-electron chi connectivity index (χ0n) is 14.0. The van der Waals surface area contributed by atoms with Gasteiger partial charge in [-0.1, -0.05) is 24.3 Å². The summed E-state index contributed by atoms with van der Waals surface area (Å²) in [6.07, 6.45) is 2.67. The van der Waals surface area contributed by atoms with Crippen LogP contribution in [0.4, 0.5) is 4.39 Å². The Labute approximate surface area is 155 Å². The number of hydrogen-bond acceptors (Lipinski definition) is 5. The van der Waals surface area contributed by atoms with Crippen LogP contribution in [0.25, 0.3) is 11.4 Å². The van der Waals surface area contributed by atoms with Crippen LogP contribution in [0, 0.1) is 5.82 Å². The molecule has 3 aromatic rings. The van der Waals surface area contributed by atoms with Crippen molar-refractivity contribution in [3.05, 3.63) is 77.9 Å². The normalized spacial score (nSPS) is 11.2. The number of carbonyl (C=O) groups excluding carboxylic acids is 1. The first kappa shape index (κ1) is 18.6. The van der Waals surface area contributed by atoms with Gasteiger partial charge in [0.25, 0.3) is 5.91 Å². The Morgan fingerprint density at radius 1 is 1.07 bits per heavy atom. The van der Waals surface area contributed by atoms with E-state index in [9.17, 15) is 17.6 Å². The molecule has 1 heterocycles. The molecule has 9 heteroatoms. The minimum absolute atomic E-state index is 0.0305. The summed E-state index contributed by atoms with van der Waals surface area (Å²) in [6, 6.07) is 11.8. The number of hydrogen-bond donors (Lipinski definition) is 2. The zero-order chi connectivity index (χ0) is 19.4. The van der Waals surface area contributed by atoms with Crippen molar-refractivity contribution in [2.75, 3.05) is 0 Å². The molecule has 0 unspecified atom stereocenters. The first-order chi connectivity index (χ1) is 12.8. The third-order valence-corrected chi connectivity index (χ3v) is 4.59. The minimum atomic E-state index is -3.81. The molecule has 1 amide bonds.